The van der Waals surface area contributed by atoms with Crippen LogP contribution in [-0.2, 0) is 13.0 Å². The molecule has 0 saturated heterocycles. The van der Waals surface area contributed by atoms with Crippen LogP contribution in [0.5, 0.6) is 0 Å². The van der Waals surface area contributed by atoms with Crippen LogP contribution in [0.2, 0.25) is 0 Å². The molecule has 0 aliphatic carbocycles. The molecule has 2 rings (SSSR count). The topological polar surface area (TPSA) is 50.9 Å². The molecule has 0 aliphatic heterocycles. The van der Waals surface area contributed by atoms with Gasteiger partial charge in [0.2, 0.25) is 0 Å². The van der Waals surface area contributed by atoms with Crippen molar-refractivity contribution in [2.24, 2.45) is 0 Å². The van der Waals surface area contributed by atoms with Gasteiger partial charge in [0, 0.05) is 23.5 Å². The lowest BCUT2D eigenvalue weighted by atomic mass is 10.3. The molecule has 0 unspecified atom stereocenters. The summed E-state index contributed by atoms with van der Waals surface area (Å²) in [7, 11) is 0. The first-order valence-electron chi connectivity index (χ1n) is 6.16. The first-order valence-corrected chi connectivity index (χ1v) is 7.15. The molecule has 0 bridgehead atoms. The van der Waals surface area contributed by atoms with Crippen LogP contribution in [0.3, 0.4) is 0 Å². The monoisotopic (exact) mass is 281 g/mol. The molecular weight excluding hydrogens is 265 g/mol. The molecule has 19 heavy (non-hydrogen) atoms. The predicted molar refractivity (Wildman–Crippen MR) is 72.6 cm³/mol. The molecule has 0 spiro atoms. The summed E-state index contributed by atoms with van der Waals surface area (Å²) < 4.78 is 14.5. The quantitative estimate of drug-likeness (QED) is 0.790. The van der Waals surface area contributed by atoms with Crippen molar-refractivity contribution in [3.05, 3.63) is 42.0 Å². The highest BCUT2D eigenvalue weighted by molar-refractivity contribution is 7.99. The van der Waals surface area contributed by atoms with Crippen LogP contribution in [0, 0.1) is 5.82 Å². The Bertz CT molecular complexity index is 501. The minimum absolute atomic E-state index is 0.174. The van der Waals surface area contributed by atoms with Crippen LogP contribution >= 0.6 is 11.8 Å². The van der Waals surface area contributed by atoms with E-state index in [0.717, 1.165) is 29.3 Å². The van der Waals surface area contributed by atoms with Gasteiger partial charge in [-0.05, 0) is 37.1 Å². The number of aliphatic hydroxyl groups excluding tert-OH is 1. The van der Waals surface area contributed by atoms with Gasteiger partial charge >= 0.3 is 0 Å². The Morgan fingerprint density at radius 3 is 2.79 bits per heavy atom. The standard InChI is InChI=1S/C13H16FN3OS/c14-11-3-5-13(6-4-11)19-9-7-17-10-12(15-16-17)2-1-8-18/h3-6,10,18H,1-2,7-9H2. The van der Waals surface area contributed by atoms with E-state index in [1.807, 2.05) is 6.20 Å². The van der Waals surface area contributed by atoms with Gasteiger partial charge in [-0.25, -0.2) is 4.39 Å². The van der Waals surface area contributed by atoms with Gasteiger partial charge in [-0.1, -0.05) is 5.21 Å². The largest absolute Gasteiger partial charge is 0.396 e. The van der Waals surface area contributed by atoms with Crippen molar-refractivity contribution in [2.75, 3.05) is 12.4 Å². The molecule has 1 N–H and O–H groups in total. The van der Waals surface area contributed by atoms with Gasteiger partial charge in [-0.15, -0.1) is 16.9 Å². The lowest BCUT2D eigenvalue weighted by Crippen LogP contribution is -2.01. The molecule has 2 aromatic rings. The van der Waals surface area contributed by atoms with Crippen molar-refractivity contribution >= 4 is 11.8 Å². The van der Waals surface area contributed by atoms with E-state index in [9.17, 15) is 4.39 Å². The number of rotatable bonds is 7. The first kappa shape index (κ1) is 14.0. The fourth-order valence-electron chi connectivity index (χ4n) is 1.61. The number of hydrogen-bond acceptors (Lipinski definition) is 4. The maximum atomic E-state index is 12.7. The number of benzene rings is 1. The van der Waals surface area contributed by atoms with Gasteiger partial charge in [-0.3, -0.25) is 4.68 Å². The van der Waals surface area contributed by atoms with Crippen molar-refractivity contribution < 1.29 is 9.50 Å². The van der Waals surface area contributed by atoms with Crippen LogP contribution in [0.4, 0.5) is 4.39 Å². The van der Waals surface area contributed by atoms with E-state index < -0.39 is 0 Å². The van der Waals surface area contributed by atoms with Crippen LogP contribution in [-0.4, -0.2) is 32.5 Å². The second-order valence-corrected chi connectivity index (χ2v) is 5.27. The van der Waals surface area contributed by atoms with E-state index >= 15 is 0 Å². The summed E-state index contributed by atoms with van der Waals surface area (Å²) in [5.74, 6) is 0.642. The highest BCUT2D eigenvalue weighted by atomic mass is 32.2. The van der Waals surface area contributed by atoms with Gasteiger partial charge in [0.25, 0.3) is 0 Å². The van der Waals surface area contributed by atoms with Gasteiger partial charge in [0.1, 0.15) is 5.82 Å². The Kier molecular flexibility index (Phi) is 5.35. The molecule has 1 aromatic carbocycles. The number of nitrogens with zero attached hydrogens (tertiary/aromatic N) is 3. The third kappa shape index (κ3) is 4.65. The summed E-state index contributed by atoms with van der Waals surface area (Å²) in [6.07, 6.45) is 3.37. The molecule has 1 heterocycles. The molecule has 0 amide bonds. The minimum atomic E-state index is -0.214. The normalized spacial score (nSPS) is 10.8. The van der Waals surface area contributed by atoms with E-state index in [0.29, 0.717) is 6.42 Å². The van der Waals surface area contributed by atoms with Gasteiger partial charge in [0.15, 0.2) is 0 Å². The minimum Gasteiger partial charge on any atom is -0.396 e. The summed E-state index contributed by atoms with van der Waals surface area (Å²) >= 11 is 1.66. The van der Waals surface area contributed by atoms with Crippen LogP contribution < -0.4 is 0 Å². The smallest absolute Gasteiger partial charge is 0.123 e. The maximum absolute atomic E-state index is 12.7. The number of halogens is 1. The van der Waals surface area contributed by atoms with E-state index in [4.69, 9.17) is 5.11 Å². The second-order valence-electron chi connectivity index (χ2n) is 4.10. The van der Waals surface area contributed by atoms with Crippen molar-refractivity contribution in [1.29, 1.82) is 0 Å². The van der Waals surface area contributed by atoms with Gasteiger partial charge in [-0.2, -0.15) is 0 Å². The number of aliphatic hydroxyl groups is 1. The summed E-state index contributed by atoms with van der Waals surface area (Å²) in [6.45, 7) is 0.932. The average Bonchev–Trinajstić information content (AvgIpc) is 2.87. The molecule has 0 atom stereocenters. The SMILES string of the molecule is OCCCc1cn(CCSc2ccc(F)cc2)nn1. The Balaban J connectivity index is 1.76. The third-order valence-corrected chi connectivity index (χ3v) is 3.57. The van der Waals surface area contributed by atoms with Crippen LogP contribution in [0.15, 0.2) is 35.4 Å². The summed E-state index contributed by atoms with van der Waals surface area (Å²) in [5.41, 5.74) is 0.904. The molecule has 102 valence electrons. The summed E-state index contributed by atoms with van der Waals surface area (Å²) in [5, 5.41) is 16.8. The predicted octanol–water partition coefficient (Wildman–Crippen LogP) is 2.13. The van der Waals surface area contributed by atoms with Crippen molar-refractivity contribution in [3.8, 4) is 0 Å². The highest BCUT2D eigenvalue weighted by Gasteiger charge is 2.01. The van der Waals surface area contributed by atoms with Gasteiger partial charge < -0.3 is 5.11 Å². The van der Waals surface area contributed by atoms with Crippen molar-refractivity contribution in [3.63, 3.8) is 0 Å². The Morgan fingerprint density at radius 1 is 1.26 bits per heavy atom. The van der Waals surface area contributed by atoms with E-state index in [1.165, 1.54) is 12.1 Å². The maximum Gasteiger partial charge on any atom is 0.123 e. The van der Waals surface area contributed by atoms with Crippen molar-refractivity contribution in [2.45, 2.75) is 24.3 Å². The number of aryl methyl sites for hydroxylation is 2. The van der Waals surface area contributed by atoms with Crippen molar-refractivity contribution in [1.82, 2.24) is 15.0 Å². The zero-order valence-electron chi connectivity index (χ0n) is 10.5. The number of thioether (sulfide) groups is 1. The molecule has 0 radical (unpaired) electrons. The zero-order valence-corrected chi connectivity index (χ0v) is 11.3. The molecule has 6 heteroatoms. The fourth-order valence-corrected chi connectivity index (χ4v) is 2.45. The highest BCUT2D eigenvalue weighted by Crippen LogP contribution is 2.18. The molecule has 0 fully saturated rings. The molecule has 4 nitrogen and oxygen atoms in total. The summed E-state index contributed by atoms with van der Waals surface area (Å²) in [4.78, 5) is 1.04. The van der Waals surface area contributed by atoms with Crippen LogP contribution in [0.25, 0.3) is 0 Å². The second kappa shape index (κ2) is 7.25. The lowest BCUT2D eigenvalue weighted by molar-refractivity contribution is 0.288. The molecule has 0 aliphatic rings. The molecule has 1 aromatic heterocycles. The van der Waals surface area contributed by atoms with E-state index in [1.54, 1.807) is 28.6 Å². The average molecular weight is 281 g/mol. The van der Waals surface area contributed by atoms with E-state index in [2.05, 4.69) is 10.3 Å². The Morgan fingerprint density at radius 2 is 2.05 bits per heavy atom. The molecular formula is C13H16FN3OS. The zero-order chi connectivity index (χ0) is 13.5. The fraction of sp³-hybridized carbons (Fsp3) is 0.385. The van der Waals surface area contributed by atoms with Crippen LogP contribution in [0.1, 0.15) is 12.1 Å². The summed E-state index contributed by atoms with van der Waals surface area (Å²) in [6, 6.07) is 6.47. The lowest BCUT2D eigenvalue weighted by Gasteiger charge is -2.01. The third-order valence-electron chi connectivity index (χ3n) is 2.58. The molecule has 0 saturated carbocycles. The van der Waals surface area contributed by atoms with E-state index in [-0.39, 0.29) is 12.4 Å². The number of aromatic nitrogens is 3. The number of hydrogen-bond donors (Lipinski definition) is 1. The van der Waals surface area contributed by atoms with Gasteiger partial charge in [0.05, 0.1) is 12.2 Å². The first-order chi connectivity index (χ1) is 9.28. The Hall–Kier alpha value is -1.40. The Labute approximate surface area is 115 Å².